The van der Waals surface area contributed by atoms with Gasteiger partial charge in [0.15, 0.2) is 0 Å². The summed E-state index contributed by atoms with van der Waals surface area (Å²) in [5, 5.41) is 3.80. The van der Waals surface area contributed by atoms with E-state index in [4.69, 9.17) is 11.6 Å². The Morgan fingerprint density at radius 3 is 2.88 bits per heavy atom. The van der Waals surface area contributed by atoms with Gasteiger partial charge in [-0.25, -0.2) is 4.39 Å². The molecule has 0 bridgehead atoms. The van der Waals surface area contributed by atoms with Gasteiger partial charge in [-0.1, -0.05) is 18.5 Å². The van der Waals surface area contributed by atoms with E-state index in [1.807, 2.05) is 12.1 Å². The third kappa shape index (κ3) is 3.06. The van der Waals surface area contributed by atoms with E-state index in [-0.39, 0.29) is 5.82 Å². The Balaban J connectivity index is 2.27. The summed E-state index contributed by atoms with van der Waals surface area (Å²) >= 11 is 7.47. The quantitative estimate of drug-likeness (QED) is 0.872. The van der Waals surface area contributed by atoms with Crippen molar-refractivity contribution in [3.05, 3.63) is 46.0 Å². The Labute approximate surface area is 109 Å². The first kappa shape index (κ1) is 12.6. The molecule has 0 atom stereocenters. The van der Waals surface area contributed by atoms with Crippen molar-refractivity contribution in [1.82, 2.24) is 5.32 Å². The molecule has 1 aromatic heterocycles. The van der Waals surface area contributed by atoms with Crippen molar-refractivity contribution in [2.75, 3.05) is 6.54 Å². The minimum atomic E-state index is -0.230. The van der Waals surface area contributed by atoms with Crippen LogP contribution in [0.15, 0.2) is 30.3 Å². The van der Waals surface area contributed by atoms with Gasteiger partial charge >= 0.3 is 0 Å². The smallest absolute Gasteiger partial charge is 0.131 e. The molecular weight excluding hydrogens is 257 g/mol. The third-order valence-electron chi connectivity index (χ3n) is 2.40. The first-order valence-corrected chi connectivity index (χ1v) is 6.65. The molecule has 0 spiro atoms. The maximum absolute atomic E-state index is 13.6. The molecule has 2 rings (SSSR count). The zero-order valence-corrected chi connectivity index (χ0v) is 11.0. The van der Waals surface area contributed by atoms with Crippen LogP contribution in [0.4, 0.5) is 4.39 Å². The van der Waals surface area contributed by atoms with Crippen molar-refractivity contribution in [3.8, 4) is 10.4 Å². The van der Waals surface area contributed by atoms with E-state index in [0.29, 0.717) is 10.6 Å². The van der Waals surface area contributed by atoms with Gasteiger partial charge in [0, 0.05) is 26.9 Å². The number of halogens is 2. The lowest BCUT2D eigenvalue weighted by molar-refractivity contribution is 0.632. The van der Waals surface area contributed by atoms with E-state index in [9.17, 15) is 4.39 Å². The maximum atomic E-state index is 13.6. The summed E-state index contributed by atoms with van der Waals surface area (Å²) in [4.78, 5) is 2.11. The van der Waals surface area contributed by atoms with Crippen LogP contribution in [-0.2, 0) is 6.54 Å². The molecular formula is C13H13ClFNS. The lowest BCUT2D eigenvalue weighted by Crippen LogP contribution is -2.10. The van der Waals surface area contributed by atoms with Gasteiger partial charge in [-0.15, -0.1) is 11.3 Å². The molecule has 2 aromatic rings. The fourth-order valence-corrected chi connectivity index (χ4v) is 2.72. The minimum Gasteiger partial charge on any atom is -0.312 e. The van der Waals surface area contributed by atoms with Gasteiger partial charge < -0.3 is 5.32 Å². The summed E-state index contributed by atoms with van der Waals surface area (Å²) in [6.07, 6.45) is 0. The highest BCUT2D eigenvalue weighted by Gasteiger charge is 2.08. The Morgan fingerprint density at radius 1 is 1.29 bits per heavy atom. The fraction of sp³-hybridized carbons (Fsp3) is 0.231. The number of hydrogen-bond acceptors (Lipinski definition) is 2. The molecule has 1 aromatic carbocycles. The molecule has 0 amide bonds. The Hall–Kier alpha value is -0.900. The number of rotatable bonds is 4. The molecule has 1 N–H and O–H groups in total. The van der Waals surface area contributed by atoms with E-state index >= 15 is 0 Å². The van der Waals surface area contributed by atoms with E-state index in [2.05, 4.69) is 12.2 Å². The monoisotopic (exact) mass is 269 g/mol. The normalized spacial score (nSPS) is 10.8. The van der Waals surface area contributed by atoms with Gasteiger partial charge in [-0.3, -0.25) is 0 Å². The zero-order chi connectivity index (χ0) is 12.3. The first-order valence-electron chi connectivity index (χ1n) is 5.45. The van der Waals surface area contributed by atoms with E-state index in [1.54, 1.807) is 23.5 Å². The van der Waals surface area contributed by atoms with Crippen molar-refractivity contribution in [2.24, 2.45) is 0 Å². The Kier molecular flexibility index (Phi) is 4.15. The van der Waals surface area contributed by atoms with Gasteiger partial charge in [-0.05, 0) is 36.9 Å². The van der Waals surface area contributed by atoms with Crippen molar-refractivity contribution in [2.45, 2.75) is 13.5 Å². The second-order valence-corrected chi connectivity index (χ2v) is 5.28. The van der Waals surface area contributed by atoms with Crippen LogP contribution in [0.25, 0.3) is 10.4 Å². The summed E-state index contributed by atoms with van der Waals surface area (Å²) in [7, 11) is 0. The topological polar surface area (TPSA) is 12.0 Å². The lowest BCUT2D eigenvalue weighted by atomic mass is 10.2. The number of benzene rings is 1. The van der Waals surface area contributed by atoms with Crippen LogP contribution in [0.2, 0.25) is 5.02 Å². The van der Waals surface area contributed by atoms with Crippen LogP contribution >= 0.6 is 22.9 Å². The first-order chi connectivity index (χ1) is 8.20. The summed E-state index contributed by atoms with van der Waals surface area (Å²) in [6, 6.07) is 8.59. The number of thiophene rings is 1. The summed E-state index contributed by atoms with van der Waals surface area (Å²) in [5.74, 6) is -0.230. The van der Waals surface area contributed by atoms with Crippen LogP contribution in [0.1, 0.15) is 11.8 Å². The molecule has 0 aliphatic rings. The maximum Gasteiger partial charge on any atom is 0.131 e. The van der Waals surface area contributed by atoms with Crippen LogP contribution in [0, 0.1) is 5.82 Å². The van der Waals surface area contributed by atoms with Crippen LogP contribution in [0.3, 0.4) is 0 Å². The molecule has 1 nitrogen and oxygen atoms in total. The largest absolute Gasteiger partial charge is 0.312 e. The van der Waals surface area contributed by atoms with E-state index in [1.165, 1.54) is 10.9 Å². The SMILES string of the molecule is CCNCc1ccc(-c2cc(Cl)ccc2F)s1. The number of hydrogen-bond donors (Lipinski definition) is 1. The molecule has 4 heteroatoms. The van der Waals surface area contributed by atoms with Gasteiger partial charge in [0.2, 0.25) is 0 Å². The standard InChI is InChI=1S/C13H13ClFNS/c1-2-16-8-10-4-6-13(17-10)11-7-9(14)3-5-12(11)15/h3-7,16H,2,8H2,1H3. The number of nitrogens with one attached hydrogen (secondary N) is 1. The van der Waals surface area contributed by atoms with Gasteiger partial charge in [0.25, 0.3) is 0 Å². The average Bonchev–Trinajstić information content (AvgIpc) is 2.78. The van der Waals surface area contributed by atoms with Gasteiger partial charge in [0.1, 0.15) is 5.82 Å². The Bertz CT molecular complexity index is 510. The average molecular weight is 270 g/mol. The predicted molar refractivity (Wildman–Crippen MR) is 72.1 cm³/mol. The minimum absolute atomic E-state index is 0.230. The van der Waals surface area contributed by atoms with Gasteiger partial charge in [-0.2, -0.15) is 0 Å². The van der Waals surface area contributed by atoms with Crippen molar-refractivity contribution in [1.29, 1.82) is 0 Å². The zero-order valence-electron chi connectivity index (χ0n) is 9.47. The van der Waals surface area contributed by atoms with Crippen molar-refractivity contribution in [3.63, 3.8) is 0 Å². The van der Waals surface area contributed by atoms with Crippen LogP contribution in [-0.4, -0.2) is 6.54 Å². The molecule has 0 aliphatic heterocycles. The third-order valence-corrected chi connectivity index (χ3v) is 3.76. The second-order valence-electron chi connectivity index (χ2n) is 3.67. The molecule has 0 fully saturated rings. The fourth-order valence-electron chi connectivity index (χ4n) is 1.55. The summed E-state index contributed by atoms with van der Waals surface area (Å²) < 4.78 is 13.6. The second kappa shape index (κ2) is 5.63. The molecule has 0 aliphatic carbocycles. The molecule has 17 heavy (non-hydrogen) atoms. The molecule has 0 unspecified atom stereocenters. The van der Waals surface area contributed by atoms with Crippen molar-refractivity contribution >= 4 is 22.9 Å². The molecule has 0 saturated carbocycles. The molecule has 1 heterocycles. The van der Waals surface area contributed by atoms with E-state index in [0.717, 1.165) is 18.0 Å². The Morgan fingerprint density at radius 2 is 2.12 bits per heavy atom. The van der Waals surface area contributed by atoms with Crippen molar-refractivity contribution < 1.29 is 4.39 Å². The highest BCUT2D eigenvalue weighted by Crippen LogP contribution is 2.31. The molecule has 0 radical (unpaired) electrons. The molecule has 90 valence electrons. The van der Waals surface area contributed by atoms with Gasteiger partial charge in [0.05, 0.1) is 0 Å². The van der Waals surface area contributed by atoms with Crippen LogP contribution < -0.4 is 5.32 Å². The van der Waals surface area contributed by atoms with Crippen LogP contribution in [0.5, 0.6) is 0 Å². The lowest BCUT2D eigenvalue weighted by Gasteiger charge is -2.01. The summed E-state index contributed by atoms with van der Waals surface area (Å²) in [6.45, 7) is 3.81. The highest BCUT2D eigenvalue weighted by molar-refractivity contribution is 7.15. The highest BCUT2D eigenvalue weighted by atomic mass is 35.5. The summed E-state index contributed by atoms with van der Waals surface area (Å²) in [5.41, 5.74) is 0.574. The molecule has 0 saturated heterocycles. The predicted octanol–water partition coefficient (Wildman–Crippen LogP) is 4.32. The van der Waals surface area contributed by atoms with E-state index < -0.39 is 0 Å².